The van der Waals surface area contributed by atoms with E-state index in [-0.39, 0.29) is 57.8 Å². The minimum atomic E-state index is -0.797. The number of ether oxygens (including phenoxy) is 3. The van der Waals surface area contributed by atoms with E-state index < -0.39 is 6.10 Å². The standard InChI is InChI=1S/C17H16O7/c1-22-13-7-12-14(16(21)17(13)23-2)10(19)6-11(24-12)8-4-3-5-9(18)15(8)20/h3-5,7,11,18,20-21H,6H2,1-2H3/t11-/m0/s1. The molecule has 2 aromatic rings. The summed E-state index contributed by atoms with van der Waals surface area (Å²) in [4.78, 5) is 12.5. The van der Waals surface area contributed by atoms with Crippen LogP contribution in [0.4, 0.5) is 0 Å². The van der Waals surface area contributed by atoms with Gasteiger partial charge in [-0.15, -0.1) is 0 Å². The summed E-state index contributed by atoms with van der Waals surface area (Å²) in [6.45, 7) is 0. The zero-order chi connectivity index (χ0) is 17.4. The topological polar surface area (TPSA) is 105 Å². The van der Waals surface area contributed by atoms with Crippen LogP contribution in [-0.4, -0.2) is 35.3 Å². The van der Waals surface area contributed by atoms with Crippen LogP contribution in [0.5, 0.6) is 34.5 Å². The molecule has 7 heteroatoms. The number of carbonyl (C=O) groups excluding carboxylic acids is 1. The van der Waals surface area contributed by atoms with Gasteiger partial charge in [0.2, 0.25) is 5.75 Å². The van der Waals surface area contributed by atoms with Crippen molar-refractivity contribution in [3.8, 4) is 34.5 Å². The van der Waals surface area contributed by atoms with Gasteiger partial charge in [0, 0.05) is 11.6 Å². The fourth-order valence-corrected chi connectivity index (χ4v) is 2.76. The molecule has 1 aliphatic rings. The molecule has 0 fully saturated rings. The first-order valence-corrected chi connectivity index (χ1v) is 7.16. The number of hydrogen-bond acceptors (Lipinski definition) is 7. The van der Waals surface area contributed by atoms with Crippen molar-refractivity contribution in [3.05, 3.63) is 35.4 Å². The minimum Gasteiger partial charge on any atom is -0.504 e. The van der Waals surface area contributed by atoms with Crippen LogP contribution in [0.1, 0.15) is 28.4 Å². The maximum atomic E-state index is 12.5. The van der Waals surface area contributed by atoms with Crippen molar-refractivity contribution in [1.82, 2.24) is 0 Å². The second kappa shape index (κ2) is 5.84. The van der Waals surface area contributed by atoms with E-state index in [1.54, 1.807) is 12.1 Å². The Morgan fingerprint density at radius 1 is 1.12 bits per heavy atom. The van der Waals surface area contributed by atoms with Crippen LogP contribution in [-0.2, 0) is 0 Å². The summed E-state index contributed by atoms with van der Waals surface area (Å²) in [5.41, 5.74) is 0.284. The zero-order valence-electron chi connectivity index (χ0n) is 13.1. The van der Waals surface area contributed by atoms with E-state index >= 15 is 0 Å². The molecule has 126 valence electrons. The quantitative estimate of drug-likeness (QED) is 0.742. The fourth-order valence-electron chi connectivity index (χ4n) is 2.76. The van der Waals surface area contributed by atoms with Crippen molar-refractivity contribution in [2.24, 2.45) is 0 Å². The minimum absolute atomic E-state index is 0.00328. The van der Waals surface area contributed by atoms with Crippen molar-refractivity contribution >= 4 is 5.78 Å². The lowest BCUT2D eigenvalue weighted by atomic mass is 9.94. The second-order valence-corrected chi connectivity index (χ2v) is 5.28. The summed E-state index contributed by atoms with van der Waals surface area (Å²) in [5.74, 6) is -0.992. The molecule has 0 saturated heterocycles. The summed E-state index contributed by atoms with van der Waals surface area (Å²) in [7, 11) is 2.75. The van der Waals surface area contributed by atoms with Gasteiger partial charge in [-0.05, 0) is 6.07 Å². The molecule has 0 radical (unpaired) electrons. The van der Waals surface area contributed by atoms with Crippen LogP contribution < -0.4 is 14.2 Å². The van der Waals surface area contributed by atoms with Crippen LogP contribution >= 0.6 is 0 Å². The molecule has 3 rings (SSSR count). The summed E-state index contributed by atoms with van der Waals surface area (Å²) in [5, 5.41) is 29.9. The predicted molar refractivity (Wildman–Crippen MR) is 83.3 cm³/mol. The molecule has 0 bridgehead atoms. The van der Waals surface area contributed by atoms with Crippen molar-refractivity contribution in [2.45, 2.75) is 12.5 Å². The number of rotatable bonds is 3. The summed E-state index contributed by atoms with van der Waals surface area (Å²) >= 11 is 0. The van der Waals surface area contributed by atoms with Crippen LogP contribution in [0.3, 0.4) is 0 Å². The molecule has 0 saturated carbocycles. The maximum absolute atomic E-state index is 12.5. The number of phenolic OH excluding ortho intramolecular Hbond substituents is 3. The van der Waals surface area contributed by atoms with Crippen LogP contribution in [0.2, 0.25) is 0 Å². The number of carbonyl (C=O) groups is 1. The first kappa shape index (κ1) is 15.8. The molecule has 0 spiro atoms. The largest absolute Gasteiger partial charge is 0.504 e. The smallest absolute Gasteiger partial charge is 0.204 e. The SMILES string of the molecule is COc1cc2c(c(O)c1OC)C(=O)C[C@@H](c1cccc(O)c1O)O2. The monoisotopic (exact) mass is 332 g/mol. The fraction of sp³-hybridized carbons (Fsp3) is 0.235. The van der Waals surface area contributed by atoms with Gasteiger partial charge in [-0.25, -0.2) is 0 Å². The van der Waals surface area contributed by atoms with Gasteiger partial charge >= 0.3 is 0 Å². The molecular weight excluding hydrogens is 316 g/mol. The Kier molecular flexibility index (Phi) is 3.84. The number of Topliss-reactive ketones (excluding diaryl/α,β-unsaturated/α-hetero) is 1. The summed E-state index contributed by atoms with van der Waals surface area (Å²) in [6, 6.07) is 5.87. The molecule has 0 aliphatic carbocycles. The van der Waals surface area contributed by atoms with Crippen LogP contribution in [0.15, 0.2) is 24.3 Å². The Morgan fingerprint density at radius 3 is 2.54 bits per heavy atom. The van der Waals surface area contributed by atoms with Crippen molar-refractivity contribution in [3.63, 3.8) is 0 Å². The third kappa shape index (κ3) is 2.34. The number of aromatic hydroxyl groups is 3. The molecule has 24 heavy (non-hydrogen) atoms. The Bertz CT molecular complexity index is 813. The van der Waals surface area contributed by atoms with Crippen LogP contribution in [0, 0.1) is 0 Å². The van der Waals surface area contributed by atoms with Gasteiger partial charge in [0.15, 0.2) is 28.8 Å². The first-order chi connectivity index (χ1) is 11.5. The Morgan fingerprint density at radius 2 is 1.88 bits per heavy atom. The number of hydrogen-bond donors (Lipinski definition) is 3. The van der Waals surface area contributed by atoms with Gasteiger partial charge in [-0.3, -0.25) is 4.79 Å². The lowest BCUT2D eigenvalue weighted by Gasteiger charge is -2.27. The van der Waals surface area contributed by atoms with E-state index in [1.165, 1.54) is 26.4 Å². The number of benzene rings is 2. The Balaban J connectivity index is 2.09. The third-order valence-electron chi connectivity index (χ3n) is 3.92. The molecule has 1 aliphatic heterocycles. The number of methoxy groups -OCH3 is 2. The van der Waals surface area contributed by atoms with E-state index in [1.807, 2.05) is 0 Å². The van der Waals surface area contributed by atoms with Gasteiger partial charge in [0.05, 0.1) is 20.6 Å². The summed E-state index contributed by atoms with van der Waals surface area (Å²) in [6.07, 6.45) is -0.901. The average Bonchev–Trinajstić information content (AvgIpc) is 2.56. The third-order valence-corrected chi connectivity index (χ3v) is 3.92. The highest BCUT2D eigenvalue weighted by Crippen LogP contribution is 2.49. The Hall–Kier alpha value is -3.09. The van der Waals surface area contributed by atoms with Gasteiger partial charge in [-0.2, -0.15) is 0 Å². The van der Waals surface area contributed by atoms with Crippen LogP contribution in [0.25, 0.3) is 0 Å². The molecular formula is C17H16O7. The first-order valence-electron chi connectivity index (χ1n) is 7.16. The molecule has 2 aromatic carbocycles. The highest BCUT2D eigenvalue weighted by Gasteiger charge is 2.34. The molecule has 1 heterocycles. The number of fused-ring (bicyclic) bond motifs is 1. The Labute approximate surface area is 137 Å². The number of phenols is 3. The van der Waals surface area contributed by atoms with Gasteiger partial charge < -0.3 is 29.5 Å². The van der Waals surface area contributed by atoms with E-state index in [0.29, 0.717) is 0 Å². The second-order valence-electron chi connectivity index (χ2n) is 5.28. The number of ketones is 1. The van der Waals surface area contributed by atoms with Gasteiger partial charge in [0.25, 0.3) is 0 Å². The van der Waals surface area contributed by atoms with E-state index in [4.69, 9.17) is 14.2 Å². The molecule has 1 atom stereocenters. The molecule has 0 amide bonds. The normalized spacial score (nSPS) is 16.2. The molecule has 3 N–H and O–H groups in total. The molecule has 7 nitrogen and oxygen atoms in total. The predicted octanol–water partition coefficient (Wildman–Crippen LogP) is 2.53. The van der Waals surface area contributed by atoms with Gasteiger partial charge in [0.1, 0.15) is 17.4 Å². The highest BCUT2D eigenvalue weighted by atomic mass is 16.5. The average molecular weight is 332 g/mol. The zero-order valence-corrected chi connectivity index (χ0v) is 13.1. The van der Waals surface area contributed by atoms with Crippen molar-refractivity contribution in [2.75, 3.05) is 14.2 Å². The van der Waals surface area contributed by atoms with Crippen molar-refractivity contribution < 1.29 is 34.3 Å². The molecule has 0 unspecified atom stereocenters. The van der Waals surface area contributed by atoms with Gasteiger partial charge in [-0.1, -0.05) is 12.1 Å². The van der Waals surface area contributed by atoms with E-state index in [9.17, 15) is 20.1 Å². The number of para-hydroxylation sites is 1. The van der Waals surface area contributed by atoms with Crippen molar-refractivity contribution in [1.29, 1.82) is 0 Å². The van der Waals surface area contributed by atoms with E-state index in [0.717, 1.165) is 0 Å². The molecule has 0 aromatic heterocycles. The van der Waals surface area contributed by atoms with E-state index in [2.05, 4.69) is 0 Å². The summed E-state index contributed by atoms with van der Waals surface area (Å²) < 4.78 is 16.0. The maximum Gasteiger partial charge on any atom is 0.204 e. The highest BCUT2D eigenvalue weighted by molar-refractivity contribution is 6.03. The lowest BCUT2D eigenvalue weighted by molar-refractivity contribution is 0.0839. The lowest BCUT2D eigenvalue weighted by Crippen LogP contribution is -2.21.